The summed E-state index contributed by atoms with van der Waals surface area (Å²) in [5, 5.41) is 4.99. The van der Waals surface area contributed by atoms with Gasteiger partial charge in [-0.1, -0.05) is 61.9 Å². The van der Waals surface area contributed by atoms with Crippen LogP contribution < -0.4 is 5.32 Å². The van der Waals surface area contributed by atoms with Gasteiger partial charge in [0, 0.05) is 23.7 Å². The van der Waals surface area contributed by atoms with Gasteiger partial charge in [-0.3, -0.25) is 4.79 Å². The van der Waals surface area contributed by atoms with Crippen molar-refractivity contribution in [2.75, 3.05) is 18.4 Å². The van der Waals surface area contributed by atoms with Crippen molar-refractivity contribution in [3.63, 3.8) is 0 Å². The summed E-state index contributed by atoms with van der Waals surface area (Å²) in [6.07, 6.45) is 0. The number of anilines is 1. The summed E-state index contributed by atoms with van der Waals surface area (Å²) in [5.74, 6) is 0.176. The molecular formula is C27H33N3O2S. The first kappa shape index (κ1) is 24.5. The molecule has 5 nitrogen and oxygen atoms in total. The zero-order valence-corrected chi connectivity index (χ0v) is 20.7. The quantitative estimate of drug-likeness (QED) is 0.418. The van der Waals surface area contributed by atoms with Crippen LogP contribution in [-0.4, -0.2) is 34.8 Å². The molecule has 1 heterocycles. The smallest absolute Gasteiger partial charge is 0.322 e. The fraction of sp³-hybridized carbons (Fsp3) is 0.333. The van der Waals surface area contributed by atoms with E-state index in [2.05, 4.69) is 23.7 Å². The highest BCUT2D eigenvalue weighted by Gasteiger charge is 2.23. The molecule has 3 rings (SSSR count). The van der Waals surface area contributed by atoms with Crippen molar-refractivity contribution in [1.82, 2.24) is 9.80 Å². The molecule has 0 unspecified atom stereocenters. The number of carbonyl (C=O) groups is 2. The topological polar surface area (TPSA) is 52.7 Å². The minimum absolute atomic E-state index is 0.0349. The van der Waals surface area contributed by atoms with Crippen molar-refractivity contribution in [3.05, 3.63) is 87.6 Å². The van der Waals surface area contributed by atoms with Crippen LogP contribution in [0.15, 0.2) is 66.0 Å². The molecule has 174 valence electrons. The molecule has 0 bridgehead atoms. The average molecular weight is 464 g/mol. The van der Waals surface area contributed by atoms with E-state index in [-0.39, 0.29) is 24.4 Å². The lowest BCUT2D eigenvalue weighted by Crippen LogP contribution is -2.45. The summed E-state index contributed by atoms with van der Waals surface area (Å²) < 4.78 is 0. The number of nitrogens with one attached hydrogen (secondary N) is 1. The lowest BCUT2D eigenvalue weighted by molar-refractivity contribution is -0.133. The van der Waals surface area contributed by atoms with Crippen LogP contribution in [0.2, 0.25) is 0 Å². The molecule has 6 heteroatoms. The second-order valence-electron chi connectivity index (χ2n) is 8.83. The highest BCUT2D eigenvalue weighted by Crippen LogP contribution is 2.20. The van der Waals surface area contributed by atoms with E-state index >= 15 is 0 Å². The van der Waals surface area contributed by atoms with Crippen molar-refractivity contribution < 1.29 is 9.59 Å². The number of carbonyl (C=O) groups excluding carboxylic acids is 2. The number of aryl methyl sites for hydroxylation is 2. The third kappa shape index (κ3) is 7.46. The lowest BCUT2D eigenvalue weighted by atomic mass is 10.2. The number of rotatable bonds is 9. The minimum Gasteiger partial charge on any atom is -0.332 e. The summed E-state index contributed by atoms with van der Waals surface area (Å²) in [6, 6.07) is 19.5. The summed E-state index contributed by atoms with van der Waals surface area (Å²) in [5.41, 5.74) is 4.10. The normalized spacial score (nSPS) is 10.8. The summed E-state index contributed by atoms with van der Waals surface area (Å²) in [6.45, 7) is 9.75. The zero-order chi connectivity index (χ0) is 23.8. The van der Waals surface area contributed by atoms with Gasteiger partial charge >= 0.3 is 6.03 Å². The number of amides is 3. The van der Waals surface area contributed by atoms with Gasteiger partial charge in [-0.15, -0.1) is 11.3 Å². The molecule has 1 aromatic heterocycles. The monoisotopic (exact) mass is 463 g/mol. The van der Waals surface area contributed by atoms with Gasteiger partial charge in [-0.25, -0.2) is 4.79 Å². The molecule has 3 aromatic rings. The van der Waals surface area contributed by atoms with Gasteiger partial charge in [0.15, 0.2) is 0 Å². The second kappa shape index (κ2) is 11.7. The second-order valence-corrected chi connectivity index (χ2v) is 9.83. The molecule has 33 heavy (non-hydrogen) atoms. The van der Waals surface area contributed by atoms with E-state index in [0.29, 0.717) is 19.6 Å². The van der Waals surface area contributed by atoms with Gasteiger partial charge in [0.05, 0.1) is 6.54 Å². The minimum atomic E-state index is -0.257. The Morgan fingerprint density at radius 2 is 1.61 bits per heavy atom. The Kier molecular flexibility index (Phi) is 8.66. The average Bonchev–Trinajstić information content (AvgIpc) is 3.19. The van der Waals surface area contributed by atoms with E-state index in [4.69, 9.17) is 0 Å². The first-order valence-electron chi connectivity index (χ1n) is 11.3. The molecule has 0 radical (unpaired) electrons. The third-order valence-corrected chi connectivity index (χ3v) is 6.38. The van der Waals surface area contributed by atoms with Gasteiger partial charge in [0.1, 0.15) is 6.54 Å². The Hall–Kier alpha value is -3.12. The number of thiophene rings is 1. The number of benzene rings is 2. The fourth-order valence-corrected chi connectivity index (χ4v) is 4.46. The maximum Gasteiger partial charge on any atom is 0.322 e. The Morgan fingerprint density at radius 3 is 2.21 bits per heavy atom. The standard InChI is InChI=1S/C27H33N3O2S/c1-20(2)16-30(27(32)28-24-12-10-21(3)11-13-24)19-26(31)29(17-23-8-6-5-7-9-23)18-25-22(4)14-15-33-25/h5-15,20H,16-19H2,1-4H3,(H,28,32). The molecule has 0 aliphatic heterocycles. The van der Waals surface area contributed by atoms with Crippen LogP contribution in [-0.2, 0) is 17.9 Å². The van der Waals surface area contributed by atoms with Crippen molar-refractivity contribution in [2.24, 2.45) is 5.92 Å². The van der Waals surface area contributed by atoms with Crippen molar-refractivity contribution in [1.29, 1.82) is 0 Å². The van der Waals surface area contributed by atoms with Gasteiger partial charge < -0.3 is 15.1 Å². The highest BCUT2D eigenvalue weighted by atomic mass is 32.1. The molecule has 3 amide bonds. The molecule has 0 fully saturated rings. The largest absolute Gasteiger partial charge is 0.332 e. The van der Waals surface area contributed by atoms with Crippen LogP contribution in [0.1, 0.15) is 35.4 Å². The lowest BCUT2D eigenvalue weighted by Gasteiger charge is -2.29. The van der Waals surface area contributed by atoms with Crippen LogP contribution in [0.4, 0.5) is 10.5 Å². The Bertz CT molecular complexity index is 1040. The Balaban J connectivity index is 1.76. The van der Waals surface area contributed by atoms with Crippen molar-refractivity contribution in [3.8, 4) is 0 Å². The van der Waals surface area contributed by atoms with Crippen LogP contribution in [0.25, 0.3) is 0 Å². The summed E-state index contributed by atoms with van der Waals surface area (Å²) >= 11 is 1.66. The molecule has 0 saturated heterocycles. The van der Waals surface area contributed by atoms with Crippen molar-refractivity contribution >= 4 is 29.0 Å². The van der Waals surface area contributed by atoms with Crippen molar-refractivity contribution in [2.45, 2.75) is 40.8 Å². The van der Waals surface area contributed by atoms with Crippen LogP contribution in [0, 0.1) is 19.8 Å². The van der Waals surface area contributed by atoms with E-state index in [9.17, 15) is 9.59 Å². The number of hydrogen-bond acceptors (Lipinski definition) is 3. The van der Waals surface area contributed by atoms with Gasteiger partial charge in [-0.2, -0.15) is 0 Å². The molecule has 2 aromatic carbocycles. The maximum atomic E-state index is 13.5. The molecular weight excluding hydrogens is 430 g/mol. The number of urea groups is 1. The molecule has 1 N–H and O–H groups in total. The molecule has 0 atom stereocenters. The first-order valence-corrected chi connectivity index (χ1v) is 12.2. The SMILES string of the molecule is Cc1ccc(NC(=O)N(CC(=O)N(Cc2ccccc2)Cc2sccc2C)CC(C)C)cc1. The summed E-state index contributed by atoms with van der Waals surface area (Å²) in [4.78, 5) is 31.2. The Labute approximate surface area is 201 Å². The van der Waals surface area contributed by atoms with E-state index < -0.39 is 0 Å². The first-order chi connectivity index (χ1) is 15.8. The van der Waals surface area contributed by atoms with E-state index in [1.54, 1.807) is 16.2 Å². The van der Waals surface area contributed by atoms with Gasteiger partial charge in [-0.05, 0) is 54.5 Å². The predicted molar refractivity (Wildman–Crippen MR) is 136 cm³/mol. The molecule has 0 aliphatic rings. The van der Waals surface area contributed by atoms with E-state index in [0.717, 1.165) is 16.8 Å². The highest BCUT2D eigenvalue weighted by molar-refractivity contribution is 7.10. The van der Waals surface area contributed by atoms with E-state index in [1.807, 2.05) is 80.3 Å². The third-order valence-electron chi connectivity index (χ3n) is 5.37. The zero-order valence-electron chi connectivity index (χ0n) is 19.9. The summed E-state index contributed by atoms with van der Waals surface area (Å²) in [7, 11) is 0. The molecule has 0 aliphatic carbocycles. The number of nitrogens with zero attached hydrogens (tertiary/aromatic N) is 2. The number of hydrogen-bond donors (Lipinski definition) is 1. The Morgan fingerprint density at radius 1 is 0.909 bits per heavy atom. The van der Waals surface area contributed by atoms with Crippen LogP contribution >= 0.6 is 11.3 Å². The van der Waals surface area contributed by atoms with E-state index in [1.165, 1.54) is 10.4 Å². The van der Waals surface area contributed by atoms with Crippen LogP contribution in [0.5, 0.6) is 0 Å². The molecule has 0 saturated carbocycles. The molecule has 0 spiro atoms. The van der Waals surface area contributed by atoms with Gasteiger partial charge in [0.2, 0.25) is 5.91 Å². The maximum absolute atomic E-state index is 13.5. The van der Waals surface area contributed by atoms with Crippen LogP contribution in [0.3, 0.4) is 0 Å². The predicted octanol–water partition coefficient (Wildman–Crippen LogP) is 6.08. The fourth-order valence-electron chi connectivity index (χ4n) is 3.54. The van der Waals surface area contributed by atoms with Gasteiger partial charge in [0.25, 0.3) is 0 Å².